The largest absolute Gasteiger partial charge is 0.495 e. The maximum atomic E-state index is 13.3. The lowest BCUT2D eigenvalue weighted by Gasteiger charge is -2.25. The monoisotopic (exact) mass is 538 g/mol. The van der Waals surface area contributed by atoms with E-state index in [0.717, 1.165) is 37.1 Å². The van der Waals surface area contributed by atoms with E-state index in [1.165, 1.54) is 13.2 Å². The van der Waals surface area contributed by atoms with Crippen LogP contribution in [0.4, 0.5) is 30.5 Å². The number of rotatable bonds is 6. The third-order valence-corrected chi connectivity index (χ3v) is 7.91. The smallest absolute Gasteiger partial charge is 0.416 e. The zero-order valence-electron chi connectivity index (χ0n) is 20.2. The summed E-state index contributed by atoms with van der Waals surface area (Å²) in [5, 5.41) is 4.17. The summed E-state index contributed by atoms with van der Waals surface area (Å²) >= 11 is 6.27. The molecule has 11 heteroatoms. The van der Waals surface area contributed by atoms with Crippen molar-refractivity contribution < 1.29 is 22.5 Å². The lowest BCUT2D eigenvalue weighted by molar-refractivity contribution is -0.137. The van der Waals surface area contributed by atoms with E-state index in [2.05, 4.69) is 10.3 Å². The van der Waals surface area contributed by atoms with E-state index in [4.69, 9.17) is 21.3 Å². The van der Waals surface area contributed by atoms with E-state index in [9.17, 15) is 17.7 Å². The lowest BCUT2D eigenvalue weighted by Crippen LogP contribution is -2.25. The Labute approximate surface area is 213 Å². The molecular weight excluding hydrogens is 512 g/mol. The van der Waals surface area contributed by atoms with Gasteiger partial charge in [-0.05, 0) is 74.6 Å². The Hall–Kier alpha value is -2.77. The van der Waals surface area contributed by atoms with Crippen molar-refractivity contribution in [2.24, 2.45) is 0 Å². The van der Waals surface area contributed by atoms with Crippen LogP contribution in [0.25, 0.3) is 0 Å². The molecule has 0 atom stereocenters. The normalized spacial score (nSPS) is 14.2. The summed E-state index contributed by atoms with van der Waals surface area (Å²) in [5.74, 6) is 1.58. The van der Waals surface area contributed by atoms with Crippen LogP contribution in [0.3, 0.4) is 0 Å². The first kappa shape index (κ1) is 26.3. The summed E-state index contributed by atoms with van der Waals surface area (Å²) < 4.78 is 57.8. The van der Waals surface area contributed by atoms with Crippen LogP contribution in [0.15, 0.2) is 42.6 Å². The Morgan fingerprint density at radius 1 is 1.17 bits per heavy atom. The van der Waals surface area contributed by atoms with Gasteiger partial charge in [0.1, 0.15) is 12.9 Å². The van der Waals surface area contributed by atoms with Gasteiger partial charge in [-0.25, -0.2) is 4.98 Å². The second-order valence-corrected chi connectivity index (χ2v) is 12.7. The topological polar surface area (TPSA) is 67.3 Å². The van der Waals surface area contributed by atoms with E-state index in [-0.39, 0.29) is 11.6 Å². The molecular formula is C25H27ClF3N4O2P. The summed E-state index contributed by atoms with van der Waals surface area (Å²) in [4.78, 5) is 11.3. The molecule has 0 amide bonds. The Kier molecular flexibility index (Phi) is 7.53. The fraction of sp³-hybridized carbons (Fsp3) is 0.360. The van der Waals surface area contributed by atoms with Gasteiger partial charge in [0, 0.05) is 23.4 Å². The molecule has 4 rings (SSSR count). The fourth-order valence-electron chi connectivity index (χ4n) is 4.08. The van der Waals surface area contributed by atoms with E-state index < -0.39 is 18.9 Å². The molecule has 36 heavy (non-hydrogen) atoms. The first-order chi connectivity index (χ1) is 17.0. The summed E-state index contributed by atoms with van der Waals surface area (Å²) in [7, 11) is -0.933. The number of ether oxygens (including phenoxy) is 1. The fourth-order valence-corrected chi connectivity index (χ4v) is 5.12. The van der Waals surface area contributed by atoms with Crippen LogP contribution >= 0.6 is 18.7 Å². The van der Waals surface area contributed by atoms with Gasteiger partial charge in [-0.3, -0.25) is 4.98 Å². The van der Waals surface area contributed by atoms with Gasteiger partial charge < -0.3 is 19.5 Å². The van der Waals surface area contributed by atoms with Crippen LogP contribution in [-0.4, -0.2) is 37.0 Å². The molecule has 0 saturated carbocycles. The van der Waals surface area contributed by atoms with E-state index in [1.807, 2.05) is 4.90 Å². The molecule has 1 aliphatic rings. The second kappa shape index (κ2) is 10.3. The molecule has 0 fully saturated rings. The number of halogens is 4. The predicted octanol–water partition coefficient (Wildman–Crippen LogP) is 6.49. The number of aryl methyl sites for hydroxylation is 1. The van der Waals surface area contributed by atoms with Crippen LogP contribution < -0.4 is 20.3 Å². The molecule has 0 aliphatic carbocycles. The number of benzene rings is 2. The Balaban J connectivity index is 1.66. The molecule has 0 saturated heterocycles. The maximum Gasteiger partial charge on any atom is 0.416 e. The maximum absolute atomic E-state index is 13.3. The summed E-state index contributed by atoms with van der Waals surface area (Å²) in [6, 6.07) is 8.66. The van der Waals surface area contributed by atoms with Gasteiger partial charge in [0.2, 0.25) is 0 Å². The molecule has 0 radical (unpaired) electrons. The van der Waals surface area contributed by atoms with Gasteiger partial charge >= 0.3 is 6.18 Å². The highest BCUT2D eigenvalue weighted by atomic mass is 35.5. The number of fused-ring (bicyclic) bond motifs is 1. The number of aromatic nitrogens is 2. The molecule has 2 aromatic carbocycles. The number of nitrogens with zero attached hydrogens (tertiary/aromatic N) is 3. The molecule has 1 aliphatic heterocycles. The predicted molar refractivity (Wildman–Crippen MR) is 138 cm³/mol. The second-order valence-electron chi connectivity index (χ2n) is 9.07. The van der Waals surface area contributed by atoms with Crippen molar-refractivity contribution >= 4 is 41.4 Å². The average Bonchev–Trinajstić information content (AvgIpc) is 3.01. The first-order valence-corrected chi connectivity index (χ1v) is 14.4. The molecule has 0 bridgehead atoms. The zero-order valence-corrected chi connectivity index (χ0v) is 21.8. The Morgan fingerprint density at radius 2 is 1.94 bits per heavy atom. The van der Waals surface area contributed by atoms with Gasteiger partial charge in [0.25, 0.3) is 0 Å². The van der Waals surface area contributed by atoms with Crippen molar-refractivity contribution in [2.75, 3.05) is 37.2 Å². The first-order valence-electron chi connectivity index (χ1n) is 11.4. The Morgan fingerprint density at radius 3 is 2.64 bits per heavy atom. The number of nitrogens with one attached hydrogen (secondary N) is 1. The molecule has 0 unspecified atom stereocenters. The van der Waals surface area contributed by atoms with Crippen molar-refractivity contribution in [1.82, 2.24) is 9.97 Å². The number of alkyl halides is 3. The van der Waals surface area contributed by atoms with E-state index >= 15 is 0 Å². The summed E-state index contributed by atoms with van der Waals surface area (Å²) in [6.45, 7) is 4.17. The number of anilines is 3. The van der Waals surface area contributed by atoms with E-state index in [1.54, 1.807) is 37.7 Å². The van der Waals surface area contributed by atoms with Gasteiger partial charge in [0.05, 0.1) is 30.3 Å². The highest BCUT2D eigenvalue weighted by Gasteiger charge is 2.31. The van der Waals surface area contributed by atoms with Gasteiger partial charge in [-0.2, -0.15) is 13.2 Å². The molecule has 192 valence electrons. The summed E-state index contributed by atoms with van der Waals surface area (Å²) in [5.41, 5.74) is 1.05. The number of hydrogen-bond acceptors (Lipinski definition) is 6. The van der Waals surface area contributed by atoms with Gasteiger partial charge in [-0.15, -0.1) is 0 Å². The zero-order chi connectivity index (χ0) is 26.1. The van der Waals surface area contributed by atoms with Crippen LogP contribution in [0, 0.1) is 0 Å². The van der Waals surface area contributed by atoms with Crippen LogP contribution in [0.2, 0.25) is 5.02 Å². The van der Waals surface area contributed by atoms with Crippen LogP contribution in [0.5, 0.6) is 5.75 Å². The van der Waals surface area contributed by atoms with Crippen LogP contribution in [-0.2, 0) is 23.7 Å². The highest BCUT2D eigenvalue weighted by molar-refractivity contribution is 7.70. The minimum absolute atomic E-state index is 0.175. The molecule has 1 N–H and O–H groups in total. The molecule has 0 spiro atoms. The van der Waals surface area contributed by atoms with Crippen molar-refractivity contribution in [3.8, 4) is 5.75 Å². The standard InChI is InChI=1S/C25H27ClF3N4O2P/c1-35-22-13-18(36(2,3)34)8-10-20(22)31-23-14-30-21-6-4-5-11-33(24(21)32-23)15-16-12-17(25(27,28)29)7-9-19(16)26/h7-10,12-14H,4-6,11,15H2,1-3H3,(H,31,32). The van der Waals surface area contributed by atoms with Crippen LogP contribution in [0.1, 0.15) is 29.7 Å². The van der Waals surface area contributed by atoms with Crippen molar-refractivity contribution in [2.45, 2.75) is 32.0 Å². The van der Waals surface area contributed by atoms with Gasteiger partial charge in [-0.1, -0.05) is 11.6 Å². The summed E-state index contributed by atoms with van der Waals surface area (Å²) in [6.07, 6.45) is -0.372. The lowest BCUT2D eigenvalue weighted by atomic mass is 10.1. The van der Waals surface area contributed by atoms with Crippen molar-refractivity contribution in [1.29, 1.82) is 0 Å². The Bertz CT molecular complexity index is 1310. The third kappa shape index (κ3) is 5.95. The molecule has 6 nitrogen and oxygen atoms in total. The van der Waals surface area contributed by atoms with E-state index in [0.29, 0.717) is 40.5 Å². The van der Waals surface area contributed by atoms with Crippen molar-refractivity contribution in [3.63, 3.8) is 0 Å². The molecule has 3 aromatic rings. The number of hydrogen-bond donors (Lipinski definition) is 1. The highest BCUT2D eigenvalue weighted by Crippen LogP contribution is 2.38. The number of methoxy groups -OCH3 is 1. The minimum Gasteiger partial charge on any atom is -0.495 e. The molecule has 2 heterocycles. The SMILES string of the molecule is COc1cc(P(C)(C)=O)ccc1Nc1cnc2c(n1)N(Cc1cc(C(F)(F)F)ccc1Cl)CCCC2. The quantitative estimate of drug-likeness (QED) is 0.362. The van der Waals surface area contributed by atoms with Gasteiger partial charge in [0.15, 0.2) is 11.6 Å². The minimum atomic E-state index is -4.45. The molecule has 1 aromatic heterocycles. The average molecular weight is 539 g/mol. The van der Waals surface area contributed by atoms with Crippen molar-refractivity contribution in [3.05, 3.63) is 64.4 Å². The third-order valence-electron chi connectivity index (χ3n) is 6.02.